The predicted octanol–water partition coefficient (Wildman–Crippen LogP) is 3.64. The first kappa shape index (κ1) is 24.2. The molecule has 0 unspecified atom stereocenters. The third-order valence-electron chi connectivity index (χ3n) is 3.92. The Kier molecular flexibility index (Phi) is 11.5. The smallest absolute Gasteiger partial charge is 0.191 e. The predicted molar refractivity (Wildman–Crippen MR) is 124 cm³/mol. The first-order chi connectivity index (χ1) is 13.1. The molecule has 0 aliphatic heterocycles. The van der Waals surface area contributed by atoms with Gasteiger partial charge in [-0.1, -0.05) is 36.4 Å². The normalized spacial score (nSPS) is 11.1. The number of likely N-dealkylation sites (N-methyl/N-ethyl adjacent to an activating group) is 1. The molecular weight excluding hydrogens is 470 g/mol. The van der Waals surface area contributed by atoms with Crippen molar-refractivity contribution in [1.29, 1.82) is 0 Å². The summed E-state index contributed by atoms with van der Waals surface area (Å²) in [6, 6.07) is 14.6. The van der Waals surface area contributed by atoms with Crippen LogP contribution < -0.4 is 15.4 Å². The third-order valence-corrected chi connectivity index (χ3v) is 3.92. The molecule has 0 aromatic heterocycles. The number of halogens is 2. The number of hydrogen-bond donors (Lipinski definition) is 2. The highest BCUT2D eigenvalue weighted by molar-refractivity contribution is 14.0. The molecule has 154 valence electrons. The summed E-state index contributed by atoms with van der Waals surface area (Å²) in [7, 11) is 4.03. The summed E-state index contributed by atoms with van der Waals surface area (Å²) in [5.41, 5.74) is 1.62. The third kappa shape index (κ3) is 8.43. The largest absolute Gasteiger partial charge is 0.492 e. The summed E-state index contributed by atoms with van der Waals surface area (Å²) >= 11 is 0. The second kappa shape index (κ2) is 13.3. The second-order valence-corrected chi connectivity index (χ2v) is 6.40. The van der Waals surface area contributed by atoms with E-state index in [1.165, 1.54) is 6.07 Å². The van der Waals surface area contributed by atoms with E-state index in [1.54, 1.807) is 12.1 Å². The molecule has 0 saturated heterocycles. The minimum atomic E-state index is -0.222. The van der Waals surface area contributed by atoms with Crippen LogP contribution in [0.2, 0.25) is 0 Å². The number of hydrogen-bond acceptors (Lipinski definition) is 3. The van der Waals surface area contributed by atoms with Gasteiger partial charge in [0.15, 0.2) is 5.96 Å². The molecule has 2 aromatic rings. The molecule has 7 heteroatoms. The Morgan fingerprint density at radius 2 is 1.71 bits per heavy atom. The number of para-hydroxylation sites is 1. The highest BCUT2D eigenvalue weighted by Crippen LogP contribution is 2.18. The fourth-order valence-electron chi connectivity index (χ4n) is 2.44. The van der Waals surface area contributed by atoms with Crippen LogP contribution in [-0.4, -0.2) is 44.7 Å². The summed E-state index contributed by atoms with van der Waals surface area (Å²) in [6.07, 6.45) is 0. The minimum Gasteiger partial charge on any atom is -0.492 e. The topological polar surface area (TPSA) is 48.9 Å². The standard InChI is InChI=1S/C21H29FN4O.HI/c1-4-23-21(24-15-17-9-5-7-11-19(17)22)25-16-18-10-6-8-12-20(18)27-14-13-26(2)3;/h5-12H,4,13-16H2,1-3H3,(H2,23,24,25);1H. The van der Waals surface area contributed by atoms with E-state index in [0.29, 0.717) is 31.2 Å². The van der Waals surface area contributed by atoms with E-state index < -0.39 is 0 Å². The molecule has 0 atom stereocenters. The second-order valence-electron chi connectivity index (χ2n) is 6.40. The minimum absolute atomic E-state index is 0. The summed E-state index contributed by atoms with van der Waals surface area (Å²) in [6.45, 7) is 5.05. The summed E-state index contributed by atoms with van der Waals surface area (Å²) in [4.78, 5) is 6.69. The van der Waals surface area contributed by atoms with Crippen molar-refractivity contribution in [3.05, 3.63) is 65.5 Å². The maximum Gasteiger partial charge on any atom is 0.191 e. The van der Waals surface area contributed by atoms with Crippen molar-refractivity contribution in [3.63, 3.8) is 0 Å². The lowest BCUT2D eigenvalue weighted by atomic mass is 10.2. The lowest BCUT2D eigenvalue weighted by Crippen LogP contribution is -2.37. The highest BCUT2D eigenvalue weighted by atomic mass is 127. The average molecular weight is 500 g/mol. The lowest BCUT2D eigenvalue weighted by Gasteiger charge is -2.14. The van der Waals surface area contributed by atoms with Crippen molar-refractivity contribution in [1.82, 2.24) is 15.5 Å². The van der Waals surface area contributed by atoms with Gasteiger partial charge in [0.1, 0.15) is 18.2 Å². The molecule has 0 spiro atoms. The molecule has 0 saturated carbocycles. The van der Waals surface area contributed by atoms with Gasteiger partial charge in [-0.3, -0.25) is 0 Å². The molecule has 2 N–H and O–H groups in total. The van der Waals surface area contributed by atoms with Gasteiger partial charge in [0.05, 0.1) is 6.54 Å². The van der Waals surface area contributed by atoms with Gasteiger partial charge < -0.3 is 20.3 Å². The van der Waals surface area contributed by atoms with E-state index in [-0.39, 0.29) is 29.8 Å². The quantitative estimate of drug-likeness (QED) is 0.314. The molecule has 0 aliphatic rings. The molecule has 0 amide bonds. The van der Waals surface area contributed by atoms with Crippen molar-refractivity contribution < 1.29 is 9.13 Å². The van der Waals surface area contributed by atoms with Crippen molar-refractivity contribution >= 4 is 29.9 Å². The van der Waals surface area contributed by atoms with E-state index in [2.05, 4.69) is 20.5 Å². The van der Waals surface area contributed by atoms with Gasteiger partial charge in [0, 0.05) is 30.8 Å². The van der Waals surface area contributed by atoms with E-state index in [0.717, 1.165) is 24.4 Å². The zero-order chi connectivity index (χ0) is 19.5. The van der Waals surface area contributed by atoms with E-state index in [4.69, 9.17) is 4.74 Å². The van der Waals surface area contributed by atoms with E-state index in [1.807, 2.05) is 51.4 Å². The van der Waals surface area contributed by atoms with Crippen LogP contribution in [0.5, 0.6) is 5.75 Å². The number of ether oxygens (including phenoxy) is 1. The van der Waals surface area contributed by atoms with Crippen LogP contribution in [0.15, 0.2) is 53.5 Å². The van der Waals surface area contributed by atoms with Crippen molar-refractivity contribution in [3.8, 4) is 5.75 Å². The Morgan fingerprint density at radius 1 is 1.04 bits per heavy atom. The van der Waals surface area contributed by atoms with Crippen LogP contribution in [-0.2, 0) is 13.1 Å². The molecule has 0 aliphatic carbocycles. The summed E-state index contributed by atoms with van der Waals surface area (Å²) in [5, 5.41) is 6.37. The fourth-order valence-corrected chi connectivity index (χ4v) is 2.44. The Bertz CT molecular complexity index is 740. The van der Waals surface area contributed by atoms with Crippen LogP contribution in [0.4, 0.5) is 4.39 Å². The number of aliphatic imine (C=N–C) groups is 1. The van der Waals surface area contributed by atoms with Gasteiger partial charge >= 0.3 is 0 Å². The molecule has 2 rings (SSSR count). The maximum absolute atomic E-state index is 13.8. The fraction of sp³-hybridized carbons (Fsp3) is 0.381. The monoisotopic (exact) mass is 500 g/mol. The van der Waals surface area contributed by atoms with Crippen molar-refractivity contribution in [2.24, 2.45) is 4.99 Å². The van der Waals surface area contributed by atoms with Crippen molar-refractivity contribution in [2.75, 3.05) is 33.8 Å². The number of rotatable bonds is 9. The Balaban J connectivity index is 0.00000392. The Hall–Kier alpha value is -1.87. The molecular formula is C21H30FIN4O. The zero-order valence-corrected chi connectivity index (χ0v) is 19.1. The molecule has 2 aromatic carbocycles. The Morgan fingerprint density at radius 3 is 2.39 bits per heavy atom. The van der Waals surface area contributed by atoms with Gasteiger partial charge in [-0.15, -0.1) is 24.0 Å². The van der Waals surface area contributed by atoms with Crippen LogP contribution >= 0.6 is 24.0 Å². The lowest BCUT2D eigenvalue weighted by molar-refractivity contribution is 0.259. The summed E-state index contributed by atoms with van der Waals surface area (Å²) in [5.74, 6) is 1.26. The van der Waals surface area contributed by atoms with Gasteiger partial charge in [-0.2, -0.15) is 0 Å². The number of guanidine groups is 1. The van der Waals surface area contributed by atoms with E-state index in [9.17, 15) is 4.39 Å². The van der Waals surface area contributed by atoms with E-state index >= 15 is 0 Å². The highest BCUT2D eigenvalue weighted by Gasteiger charge is 2.05. The zero-order valence-electron chi connectivity index (χ0n) is 16.7. The van der Waals surface area contributed by atoms with Crippen LogP contribution in [0.25, 0.3) is 0 Å². The molecule has 28 heavy (non-hydrogen) atoms. The van der Waals surface area contributed by atoms with Crippen LogP contribution in [0.1, 0.15) is 18.1 Å². The molecule has 0 fully saturated rings. The molecule has 0 radical (unpaired) electrons. The first-order valence-electron chi connectivity index (χ1n) is 9.21. The first-order valence-corrected chi connectivity index (χ1v) is 9.21. The molecule has 0 heterocycles. The van der Waals surface area contributed by atoms with Crippen LogP contribution in [0.3, 0.4) is 0 Å². The van der Waals surface area contributed by atoms with Gasteiger partial charge in [-0.05, 0) is 33.2 Å². The van der Waals surface area contributed by atoms with Gasteiger partial charge in [0.25, 0.3) is 0 Å². The average Bonchev–Trinajstić information content (AvgIpc) is 2.66. The Labute approximate surface area is 184 Å². The number of nitrogens with one attached hydrogen (secondary N) is 2. The molecule has 0 bridgehead atoms. The number of nitrogens with zero attached hydrogens (tertiary/aromatic N) is 2. The van der Waals surface area contributed by atoms with Gasteiger partial charge in [0.2, 0.25) is 0 Å². The molecule has 5 nitrogen and oxygen atoms in total. The SMILES string of the molecule is CCNC(=NCc1ccccc1OCCN(C)C)NCc1ccccc1F.I. The maximum atomic E-state index is 13.8. The van der Waals surface area contributed by atoms with Gasteiger partial charge in [-0.25, -0.2) is 9.38 Å². The van der Waals surface area contributed by atoms with Crippen molar-refractivity contribution in [2.45, 2.75) is 20.0 Å². The van der Waals surface area contributed by atoms with Crippen LogP contribution in [0, 0.1) is 5.82 Å². The summed E-state index contributed by atoms with van der Waals surface area (Å²) < 4.78 is 19.7. The number of benzene rings is 2.